The van der Waals surface area contributed by atoms with Crippen molar-refractivity contribution in [1.82, 2.24) is 9.97 Å². The van der Waals surface area contributed by atoms with Gasteiger partial charge < -0.3 is 4.74 Å². The molecule has 14 heavy (non-hydrogen) atoms. The summed E-state index contributed by atoms with van der Waals surface area (Å²) in [6, 6.07) is 1.76. The lowest BCUT2D eigenvalue weighted by Gasteiger charge is -2.03. The zero-order chi connectivity index (χ0) is 10.1. The first-order valence-electron chi connectivity index (χ1n) is 3.86. The molecule has 0 saturated heterocycles. The number of ether oxygens (including phenoxy) is 1. The van der Waals surface area contributed by atoms with Crippen LogP contribution in [0.2, 0.25) is 5.02 Å². The molecule has 2 rings (SSSR count). The molecule has 0 amide bonds. The van der Waals surface area contributed by atoms with Gasteiger partial charge in [-0.15, -0.1) is 0 Å². The van der Waals surface area contributed by atoms with Gasteiger partial charge in [-0.1, -0.05) is 11.6 Å². The molecular weight excluding hydrogens is 267 g/mol. The van der Waals surface area contributed by atoms with E-state index in [4.69, 9.17) is 16.3 Å². The minimum absolute atomic E-state index is 0.527. The molecule has 2 heterocycles. The lowest BCUT2D eigenvalue weighted by atomic mass is 10.2. The molecule has 5 heteroatoms. The lowest BCUT2D eigenvalue weighted by molar-refractivity contribution is 0.398. The number of fused-ring (bicyclic) bond motifs is 1. The van der Waals surface area contributed by atoms with Crippen molar-refractivity contribution < 1.29 is 4.74 Å². The van der Waals surface area contributed by atoms with Crippen LogP contribution >= 0.6 is 27.5 Å². The van der Waals surface area contributed by atoms with Gasteiger partial charge in [-0.3, -0.25) is 4.98 Å². The van der Waals surface area contributed by atoms with Crippen LogP contribution in [0.5, 0.6) is 5.88 Å². The van der Waals surface area contributed by atoms with E-state index in [0.717, 1.165) is 15.4 Å². The highest BCUT2D eigenvalue weighted by Gasteiger charge is 2.06. The third-order valence-corrected chi connectivity index (χ3v) is 3.07. The van der Waals surface area contributed by atoms with Gasteiger partial charge in [-0.05, 0) is 15.9 Å². The Labute approximate surface area is 94.2 Å². The van der Waals surface area contributed by atoms with Gasteiger partial charge >= 0.3 is 0 Å². The molecule has 0 bridgehead atoms. The minimum atomic E-state index is 0.527. The molecule has 2 aromatic heterocycles. The topological polar surface area (TPSA) is 35.0 Å². The Hall–Kier alpha value is -0.870. The second-order valence-electron chi connectivity index (χ2n) is 2.66. The van der Waals surface area contributed by atoms with Gasteiger partial charge in [-0.2, -0.15) is 0 Å². The number of nitrogens with zero attached hydrogens (tertiary/aromatic N) is 2. The van der Waals surface area contributed by atoms with E-state index in [9.17, 15) is 0 Å². The summed E-state index contributed by atoms with van der Waals surface area (Å²) in [6.45, 7) is 0. The zero-order valence-corrected chi connectivity index (χ0v) is 9.63. The maximum atomic E-state index is 6.08. The van der Waals surface area contributed by atoms with Crippen LogP contribution < -0.4 is 4.74 Å². The Balaban J connectivity index is 2.78. The van der Waals surface area contributed by atoms with Crippen molar-refractivity contribution in [3.63, 3.8) is 0 Å². The second-order valence-corrected chi connectivity index (χ2v) is 3.90. The van der Waals surface area contributed by atoms with E-state index in [2.05, 4.69) is 25.9 Å². The summed E-state index contributed by atoms with van der Waals surface area (Å²) in [6.07, 6.45) is 3.28. The van der Waals surface area contributed by atoms with Crippen LogP contribution in [0, 0.1) is 0 Å². The van der Waals surface area contributed by atoms with Crippen LogP contribution in [0.25, 0.3) is 10.9 Å². The molecule has 2 aromatic rings. The Morgan fingerprint density at radius 3 is 2.86 bits per heavy atom. The van der Waals surface area contributed by atoms with Crippen molar-refractivity contribution in [2.75, 3.05) is 7.11 Å². The van der Waals surface area contributed by atoms with Gasteiger partial charge in [0.25, 0.3) is 0 Å². The fourth-order valence-corrected chi connectivity index (χ4v) is 1.65. The highest BCUT2D eigenvalue weighted by Crippen LogP contribution is 2.30. The summed E-state index contributed by atoms with van der Waals surface area (Å²) in [7, 11) is 1.56. The first-order chi connectivity index (χ1) is 6.72. The molecule has 0 spiro atoms. The molecule has 0 N–H and O–H groups in total. The molecule has 3 nitrogen and oxygen atoms in total. The SMILES string of the molecule is COc1cc2c(Cl)c(Br)cnc2cn1. The van der Waals surface area contributed by atoms with Gasteiger partial charge in [0.2, 0.25) is 5.88 Å². The van der Waals surface area contributed by atoms with Crippen molar-refractivity contribution in [2.24, 2.45) is 0 Å². The van der Waals surface area contributed by atoms with Crippen molar-refractivity contribution in [1.29, 1.82) is 0 Å². The monoisotopic (exact) mass is 272 g/mol. The Bertz CT molecular complexity index is 489. The first-order valence-corrected chi connectivity index (χ1v) is 5.03. The van der Waals surface area contributed by atoms with Crippen molar-refractivity contribution in [3.05, 3.63) is 28.0 Å². The van der Waals surface area contributed by atoms with Gasteiger partial charge in [-0.25, -0.2) is 4.98 Å². The fraction of sp³-hybridized carbons (Fsp3) is 0.111. The van der Waals surface area contributed by atoms with Crippen LogP contribution in [-0.2, 0) is 0 Å². The first kappa shape index (κ1) is 9.68. The van der Waals surface area contributed by atoms with E-state index in [0.29, 0.717) is 10.9 Å². The molecule has 0 fully saturated rings. The molecule has 0 aromatic carbocycles. The van der Waals surface area contributed by atoms with Gasteiger partial charge in [0.05, 0.1) is 28.3 Å². The molecule has 0 saturated carbocycles. The molecule has 0 radical (unpaired) electrons. The number of hydrogen-bond donors (Lipinski definition) is 0. The molecule has 0 aliphatic heterocycles. The van der Waals surface area contributed by atoms with Gasteiger partial charge in [0.15, 0.2) is 0 Å². The number of hydrogen-bond acceptors (Lipinski definition) is 3. The van der Waals surface area contributed by atoms with Crippen molar-refractivity contribution >= 4 is 38.4 Å². The molecule has 72 valence electrons. The van der Waals surface area contributed by atoms with Gasteiger partial charge in [0.1, 0.15) is 0 Å². The molecule has 0 aliphatic rings. The number of rotatable bonds is 1. The zero-order valence-electron chi connectivity index (χ0n) is 7.29. The maximum Gasteiger partial charge on any atom is 0.213 e. The molecule has 0 unspecified atom stereocenters. The fourth-order valence-electron chi connectivity index (χ4n) is 1.13. The van der Waals surface area contributed by atoms with Crippen molar-refractivity contribution in [2.45, 2.75) is 0 Å². The molecule has 0 aliphatic carbocycles. The van der Waals surface area contributed by atoms with Crippen LogP contribution in [0.1, 0.15) is 0 Å². The number of pyridine rings is 2. The van der Waals surface area contributed by atoms with E-state index >= 15 is 0 Å². The van der Waals surface area contributed by atoms with E-state index in [-0.39, 0.29) is 0 Å². The van der Waals surface area contributed by atoms with E-state index in [1.165, 1.54) is 0 Å². The predicted octanol–water partition coefficient (Wildman–Crippen LogP) is 3.05. The second kappa shape index (κ2) is 3.71. The largest absolute Gasteiger partial charge is 0.481 e. The standard InChI is InChI=1S/C9H6BrClN2O/c1-14-8-2-5-7(4-13-8)12-3-6(10)9(5)11/h2-4H,1H3. The van der Waals surface area contributed by atoms with Crippen molar-refractivity contribution in [3.8, 4) is 5.88 Å². The summed E-state index contributed by atoms with van der Waals surface area (Å²) in [5, 5.41) is 1.45. The number of halogens is 2. The maximum absolute atomic E-state index is 6.08. The highest BCUT2D eigenvalue weighted by atomic mass is 79.9. The predicted molar refractivity (Wildman–Crippen MR) is 58.8 cm³/mol. The number of aromatic nitrogens is 2. The Kier molecular flexibility index (Phi) is 2.56. The smallest absolute Gasteiger partial charge is 0.213 e. The highest BCUT2D eigenvalue weighted by molar-refractivity contribution is 9.10. The normalized spacial score (nSPS) is 10.5. The third kappa shape index (κ3) is 1.55. The molecular formula is C9H6BrClN2O. The van der Waals surface area contributed by atoms with E-state index in [1.807, 2.05) is 0 Å². The minimum Gasteiger partial charge on any atom is -0.481 e. The lowest BCUT2D eigenvalue weighted by Crippen LogP contribution is -1.89. The number of methoxy groups -OCH3 is 1. The average molecular weight is 274 g/mol. The molecule has 0 atom stereocenters. The third-order valence-electron chi connectivity index (χ3n) is 1.83. The van der Waals surface area contributed by atoms with E-state index in [1.54, 1.807) is 25.6 Å². The Morgan fingerprint density at radius 1 is 1.36 bits per heavy atom. The average Bonchev–Trinajstić information content (AvgIpc) is 2.23. The summed E-state index contributed by atoms with van der Waals surface area (Å²) in [4.78, 5) is 8.21. The summed E-state index contributed by atoms with van der Waals surface area (Å²) in [5.74, 6) is 0.527. The summed E-state index contributed by atoms with van der Waals surface area (Å²) in [5.41, 5.74) is 0.749. The quantitative estimate of drug-likeness (QED) is 0.801. The van der Waals surface area contributed by atoms with E-state index < -0.39 is 0 Å². The van der Waals surface area contributed by atoms with Crippen LogP contribution in [0.4, 0.5) is 0 Å². The summed E-state index contributed by atoms with van der Waals surface area (Å²) >= 11 is 9.39. The van der Waals surface area contributed by atoms with Gasteiger partial charge in [0, 0.05) is 17.6 Å². The van der Waals surface area contributed by atoms with Crippen LogP contribution in [-0.4, -0.2) is 17.1 Å². The van der Waals surface area contributed by atoms with Crippen LogP contribution in [0.15, 0.2) is 22.9 Å². The summed E-state index contributed by atoms with van der Waals surface area (Å²) < 4.78 is 5.77. The Morgan fingerprint density at radius 2 is 2.14 bits per heavy atom. The van der Waals surface area contributed by atoms with Crippen LogP contribution in [0.3, 0.4) is 0 Å².